The first-order chi connectivity index (χ1) is 9.36. The topological polar surface area (TPSA) is 21.3 Å². The first-order valence-electron chi connectivity index (χ1n) is 7.79. The van der Waals surface area contributed by atoms with Crippen molar-refractivity contribution in [1.82, 2.24) is 5.32 Å². The fourth-order valence-electron chi connectivity index (χ4n) is 2.05. The van der Waals surface area contributed by atoms with Gasteiger partial charge in [-0.2, -0.15) is 0 Å². The van der Waals surface area contributed by atoms with Crippen LogP contribution in [0.1, 0.15) is 57.9 Å². The average Bonchev–Trinajstić information content (AvgIpc) is 2.45. The minimum Gasteiger partial charge on any atom is -0.494 e. The molecule has 1 aromatic rings. The van der Waals surface area contributed by atoms with Gasteiger partial charge in [0.2, 0.25) is 0 Å². The molecule has 0 fully saturated rings. The standard InChI is InChI=1S/C17H29NO/c1-3-5-6-7-8-9-14-19-17-12-10-16(11-13-17)15-18-4-2/h10-13,18H,3-9,14-15H2,1-2H3. The minimum atomic E-state index is 0.846. The van der Waals surface area contributed by atoms with E-state index < -0.39 is 0 Å². The van der Waals surface area contributed by atoms with Gasteiger partial charge in [0, 0.05) is 6.54 Å². The van der Waals surface area contributed by atoms with Crippen molar-refractivity contribution in [2.75, 3.05) is 13.2 Å². The third-order valence-electron chi connectivity index (χ3n) is 3.27. The monoisotopic (exact) mass is 263 g/mol. The second-order valence-corrected chi connectivity index (χ2v) is 5.04. The molecule has 2 nitrogen and oxygen atoms in total. The predicted octanol–water partition coefficient (Wildman–Crippen LogP) is 4.54. The molecule has 1 rings (SSSR count). The van der Waals surface area contributed by atoms with E-state index in [1.807, 2.05) is 0 Å². The number of hydrogen-bond acceptors (Lipinski definition) is 2. The molecule has 1 aromatic carbocycles. The van der Waals surface area contributed by atoms with Crippen LogP contribution in [0.25, 0.3) is 0 Å². The van der Waals surface area contributed by atoms with E-state index in [9.17, 15) is 0 Å². The van der Waals surface area contributed by atoms with E-state index in [1.165, 1.54) is 44.1 Å². The first-order valence-corrected chi connectivity index (χ1v) is 7.79. The van der Waals surface area contributed by atoms with E-state index in [1.54, 1.807) is 0 Å². The Kier molecular flexibility index (Phi) is 9.17. The molecule has 0 aliphatic carbocycles. The van der Waals surface area contributed by atoms with Gasteiger partial charge in [-0.3, -0.25) is 0 Å². The molecule has 0 saturated heterocycles. The Morgan fingerprint density at radius 1 is 0.895 bits per heavy atom. The van der Waals surface area contributed by atoms with Crippen LogP contribution in [0, 0.1) is 0 Å². The van der Waals surface area contributed by atoms with Crippen LogP contribution >= 0.6 is 0 Å². The largest absolute Gasteiger partial charge is 0.494 e. The second-order valence-electron chi connectivity index (χ2n) is 5.04. The molecule has 0 atom stereocenters. The van der Waals surface area contributed by atoms with Crippen LogP contribution in [0.2, 0.25) is 0 Å². The lowest BCUT2D eigenvalue weighted by molar-refractivity contribution is 0.304. The summed E-state index contributed by atoms with van der Waals surface area (Å²) in [4.78, 5) is 0. The zero-order valence-corrected chi connectivity index (χ0v) is 12.6. The average molecular weight is 263 g/mol. The summed E-state index contributed by atoms with van der Waals surface area (Å²) < 4.78 is 5.75. The molecule has 2 heteroatoms. The van der Waals surface area contributed by atoms with Crippen molar-refractivity contribution in [2.45, 2.75) is 58.9 Å². The molecule has 0 aliphatic heterocycles. The zero-order valence-electron chi connectivity index (χ0n) is 12.6. The summed E-state index contributed by atoms with van der Waals surface area (Å²) in [5.41, 5.74) is 1.31. The molecular weight excluding hydrogens is 234 g/mol. The Balaban J connectivity index is 2.09. The molecule has 0 saturated carbocycles. The van der Waals surface area contributed by atoms with Gasteiger partial charge in [-0.15, -0.1) is 0 Å². The van der Waals surface area contributed by atoms with E-state index in [2.05, 4.69) is 43.4 Å². The molecule has 1 N–H and O–H groups in total. The van der Waals surface area contributed by atoms with Gasteiger partial charge in [-0.25, -0.2) is 0 Å². The highest BCUT2D eigenvalue weighted by atomic mass is 16.5. The summed E-state index contributed by atoms with van der Waals surface area (Å²) in [7, 11) is 0. The van der Waals surface area contributed by atoms with Crippen molar-refractivity contribution in [2.24, 2.45) is 0 Å². The van der Waals surface area contributed by atoms with E-state index >= 15 is 0 Å². The lowest BCUT2D eigenvalue weighted by Crippen LogP contribution is -2.11. The number of rotatable bonds is 11. The number of nitrogens with one attached hydrogen (secondary N) is 1. The lowest BCUT2D eigenvalue weighted by atomic mass is 10.1. The van der Waals surface area contributed by atoms with Crippen LogP contribution < -0.4 is 10.1 Å². The number of hydrogen-bond donors (Lipinski definition) is 1. The molecule has 108 valence electrons. The maximum atomic E-state index is 5.75. The van der Waals surface area contributed by atoms with E-state index in [0.717, 1.165) is 25.4 Å². The molecular formula is C17H29NO. The van der Waals surface area contributed by atoms with Crippen LogP contribution in [-0.4, -0.2) is 13.2 Å². The first kappa shape index (κ1) is 16.0. The summed E-state index contributed by atoms with van der Waals surface area (Å²) in [6, 6.07) is 8.42. The molecule has 0 aromatic heterocycles. The van der Waals surface area contributed by atoms with Crippen molar-refractivity contribution in [3.63, 3.8) is 0 Å². The molecule has 0 amide bonds. The van der Waals surface area contributed by atoms with Gasteiger partial charge >= 0.3 is 0 Å². The van der Waals surface area contributed by atoms with Crippen LogP contribution in [0.4, 0.5) is 0 Å². The predicted molar refractivity (Wildman–Crippen MR) is 82.7 cm³/mol. The van der Waals surface area contributed by atoms with Gasteiger partial charge in [0.1, 0.15) is 5.75 Å². The van der Waals surface area contributed by atoms with E-state index in [-0.39, 0.29) is 0 Å². The number of benzene rings is 1. The molecule has 0 radical (unpaired) electrons. The van der Waals surface area contributed by atoms with Crippen molar-refractivity contribution in [3.8, 4) is 5.75 Å². The van der Waals surface area contributed by atoms with Gasteiger partial charge in [-0.1, -0.05) is 58.1 Å². The lowest BCUT2D eigenvalue weighted by Gasteiger charge is -2.07. The van der Waals surface area contributed by atoms with Crippen molar-refractivity contribution in [3.05, 3.63) is 29.8 Å². The van der Waals surface area contributed by atoms with Gasteiger partial charge < -0.3 is 10.1 Å². The fourth-order valence-corrected chi connectivity index (χ4v) is 2.05. The molecule has 0 unspecified atom stereocenters. The highest BCUT2D eigenvalue weighted by Gasteiger charge is 1.96. The Bertz CT molecular complexity index is 308. The second kappa shape index (κ2) is 10.9. The molecule has 0 spiro atoms. The quantitative estimate of drug-likeness (QED) is 0.592. The van der Waals surface area contributed by atoms with E-state index in [4.69, 9.17) is 4.74 Å². The summed E-state index contributed by atoms with van der Waals surface area (Å²) in [6.45, 7) is 7.17. The third kappa shape index (κ3) is 7.89. The van der Waals surface area contributed by atoms with Gasteiger partial charge in [0.25, 0.3) is 0 Å². The molecule has 0 heterocycles. The summed E-state index contributed by atoms with van der Waals surface area (Å²) in [6.07, 6.45) is 7.86. The van der Waals surface area contributed by atoms with Gasteiger partial charge in [0.05, 0.1) is 6.61 Å². The Morgan fingerprint density at radius 2 is 1.58 bits per heavy atom. The normalized spacial score (nSPS) is 10.6. The van der Waals surface area contributed by atoms with Crippen molar-refractivity contribution < 1.29 is 4.74 Å². The van der Waals surface area contributed by atoms with Crippen LogP contribution in [-0.2, 0) is 6.54 Å². The van der Waals surface area contributed by atoms with Gasteiger partial charge in [-0.05, 0) is 30.7 Å². The molecule has 19 heavy (non-hydrogen) atoms. The third-order valence-corrected chi connectivity index (χ3v) is 3.27. The van der Waals surface area contributed by atoms with Crippen LogP contribution in [0.5, 0.6) is 5.75 Å². The van der Waals surface area contributed by atoms with Crippen LogP contribution in [0.3, 0.4) is 0 Å². The van der Waals surface area contributed by atoms with Crippen molar-refractivity contribution >= 4 is 0 Å². The van der Waals surface area contributed by atoms with Crippen LogP contribution in [0.15, 0.2) is 24.3 Å². The fraction of sp³-hybridized carbons (Fsp3) is 0.647. The molecule has 0 aliphatic rings. The van der Waals surface area contributed by atoms with Gasteiger partial charge in [0.15, 0.2) is 0 Å². The number of ether oxygens (including phenoxy) is 1. The summed E-state index contributed by atoms with van der Waals surface area (Å²) in [5, 5.41) is 3.32. The SMILES string of the molecule is CCCCCCCCOc1ccc(CNCC)cc1. The number of unbranched alkanes of at least 4 members (excludes halogenated alkanes) is 5. The highest BCUT2D eigenvalue weighted by molar-refractivity contribution is 5.27. The zero-order chi connectivity index (χ0) is 13.8. The Hall–Kier alpha value is -1.02. The van der Waals surface area contributed by atoms with E-state index in [0.29, 0.717) is 0 Å². The van der Waals surface area contributed by atoms with Crippen molar-refractivity contribution in [1.29, 1.82) is 0 Å². The maximum absolute atomic E-state index is 5.75. The maximum Gasteiger partial charge on any atom is 0.119 e. The highest BCUT2D eigenvalue weighted by Crippen LogP contribution is 2.13. The molecule has 0 bridgehead atoms. The minimum absolute atomic E-state index is 0.846. The summed E-state index contributed by atoms with van der Waals surface area (Å²) >= 11 is 0. The smallest absolute Gasteiger partial charge is 0.119 e. The Morgan fingerprint density at radius 3 is 2.26 bits per heavy atom. The Labute approximate surface area is 118 Å². The summed E-state index contributed by atoms with van der Waals surface area (Å²) in [5.74, 6) is 0.994.